The Morgan fingerprint density at radius 3 is 2.71 bits per heavy atom. The Morgan fingerprint density at radius 2 is 2.10 bits per heavy atom. The molecule has 3 unspecified atom stereocenters. The summed E-state index contributed by atoms with van der Waals surface area (Å²) >= 11 is 5.93. The van der Waals surface area contributed by atoms with E-state index in [0.29, 0.717) is 12.0 Å². The largest absolute Gasteiger partial charge is 0.330 e. The molecule has 0 bridgehead atoms. The van der Waals surface area contributed by atoms with Crippen LogP contribution >= 0.6 is 11.6 Å². The molecular weight excluding hydrogens is 287 g/mol. The van der Waals surface area contributed by atoms with Gasteiger partial charge >= 0.3 is 0 Å². The molecule has 0 aliphatic heterocycles. The first kappa shape index (κ1) is 16.7. The summed E-state index contributed by atoms with van der Waals surface area (Å²) in [4.78, 5) is 2.50. The topological polar surface area (TPSA) is 29.3 Å². The van der Waals surface area contributed by atoms with E-state index in [1.165, 1.54) is 31.7 Å². The Labute approximate surface area is 132 Å². The van der Waals surface area contributed by atoms with Gasteiger partial charge in [-0.25, -0.2) is 4.39 Å². The molecule has 0 radical (unpaired) electrons. The number of benzene rings is 1. The summed E-state index contributed by atoms with van der Waals surface area (Å²) < 4.78 is 13.4. The lowest BCUT2D eigenvalue weighted by atomic mass is 9.82. The lowest BCUT2D eigenvalue weighted by molar-refractivity contribution is 0.0769. The van der Waals surface area contributed by atoms with Gasteiger partial charge in [-0.15, -0.1) is 0 Å². The van der Waals surface area contributed by atoms with E-state index >= 15 is 0 Å². The van der Waals surface area contributed by atoms with Crippen molar-refractivity contribution < 1.29 is 4.39 Å². The third-order valence-corrected chi connectivity index (χ3v) is 5.18. The summed E-state index contributed by atoms with van der Waals surface area (Å²) in [5.74, 6) is 0.213. The molecule has 1 aromatic rings. The van der Waals surface area contributed by atoms with Gasteiger partial charge in [-0.2, -0.15) is 0 Å². The van der Waals surface area contributed by atoms with Gasteiger partial charge in [0.1, 0.15) is 5.82 Å². The van der Waals surface area contributed by atoms with Gasteiger partial charge in [0.25, 0.3) is 0 Å². The Morgan fingerprint density at radius 1 is 1.38 bits per heavy atom. The van der Waals surface area contributed by atoms with Crippen LogP contribution in [0.3, 0.4) is 0 Å². The zero-order valence-corrected chi connectivity index (χ0v) is 13.7. The van der Waals surface area contributed by atoms with Gasteiger partial charge in [0.05, 0.1) is 5.02 Å². The van der Waals surface area contributed by atoms with E-state index < -0.39 is 0 Å². The van der Waals surface area contributed by atoms with Crippen LogP contribution in [0.5, 0.6) is 0 Å². The molecule has 118 valence electrons. The lowest BCUT2D eigenvalue weighted by Gasteiger charge is -2.42. The highest BCUT2D eigenvalue weighted by molar-refractivity contribution is 6.30. The predicted octanol–water partition coefficient (Wildman–Crippen LogP) is 4.38. The number of hydrogen-bond donors (Lipinski definition) is 1. The minimum absolute atomic E-state index is 0.203. The normalized spacial score (nSPS) is 24.3. The van der Waals surface area contributed by atoms with Crippen LogP contribution in [-0.2, 0) is 0 Å². The quantitative estimate of drug-likeness (QED) is 0.874. The Kier molecular flexibility index (Phi) is 6.03. The molecular formula is C17H26ClFN2. The van der Waals surface area contributed by atoms with Crippen molar-refractivity contribution in [3.8, 4) is 0 Å². The van der Waals surface area contributed by atoms with Gasteiger partial charge in [0, 0.05) is 12.1 Å². The minimum Gasteiger partial charge on any atom is -0.330 e. The van der Waals surface area contributed by atoms with Crippen LogP contribution in [0.4, 0.5) is 4.39 Å². The molecule has 1 aliphatic carbocycles. The molecule has 0 saturated heterocycles. The molecule has 2 N–H and O–H groups in total. The maximum atomic E-state index is 13.4. The molecule has 1 saturated carbocycles. The number of nitrogens with zero attached hydrogens (tertiary/aromatic N) is 1. The third kappa shape index (κ3) is 3.77. The van der Waals surface area contributed by atoms with E-state index in [1.54, 1.807) is 6.07 Å². The fourth-order valence-corrected chi connectivity index (χ4v) is 3.85. The van der Waals surface area contributed by atoms with Crippen molar-refractivity contribution in [3.05, 3.63) is 34.6 Å². The summed E-state index contributed by atoms with van der Waals surface area (Å²) in [7, 11) is 0. The second-order valence-electron chi connectivity index (χ2n) is 6.03. The SMILES string of the molecule is CCN(C(C)c1ccc(F)c(Cl)c1)C1CCCCC1CN. The summed E-state index contributed by atoms with van der Waals surface area (Å²) in [6.07, 6.45) is 4.98. The Hall–Kier alpha value is -0.640. The summed E-state index contributed by atoms with van der Waals surface area (Å²) in [5.41, 5.74) is 7.05. The van der Waals surface area contributed by atoms with Crippen molar-refractivity contribution >= 4 is 11.6 Å². The first-order valence-electron chi connectivity index (χ1n) is 7.99. The van der Waals surface area contributed by atoms with E-state index in [4.69, 9.17) is 17.3 Å². The number of halogens is 2. The lowest BCUT2D eigenvalue weighted by Crippen LogP contribution is -2.46. The average Bonchev–Trinajstić information content (AvgIpc) is 2.51. The van der Waals surface area contributed by atoms with Crippen molar-refractivity contribution in [2.24, 2.45) is 11.7 Å². The zero-order chi connectivity index (χ0) is 15.4. The first-order chi connectivity index (χ1) is 10.1. The highest BCUT2D eigenvalue weighted by Crippen LogP contribution is 2.34. The molecule has 3 atom stereocenters. The highest BCUT2D eigenvalue weighted by atomic mass is 35.5. The van der Waals surface area contributed by atoms with Crippen molar-refractivity contribution in [2.75, 3.05) is 13.1 Å². The maximum absolute atomic E-state index is 13.4. The van der Waals surface area contributed by atoms with Gasteiger partial charge in [-0.05, 0) is 56.5 Å². The smallest absolute Gasteiger partial charge is 0.141 e. The average molecular weight is 313 g/mol. The molecule has 0 spiro atoms. The van der Waals surface area contributed by atoms with Crippen molar-refractivity contribution in [3.63, 3.8) is 0 Å². The van der Waals surface area contributed by atoms with Crippen LogP contribution in [0.1, 0.15) is 51.1 Å². The predicted molar refractivity (Wildman–Crippen MR) is 87.0 cm³/mol. The fourth-order valence-electron chi connectivity index (χ4n) is 3.66. The molecule has 1 aliphatic rings. The van der Waals surface area contributed by atoms with Gasteiger partial charge in [0.2, 0.25) is 0 Å². The Balaban J connectivity index is 2.20. The summed E-state index contributed by atoms with van der Waals surface area (Å²) in [6.45, 7) is 6.08. The molecule has 0 amide bonds. The van der Waals surface area contributed by atoms with E-state index in [-0.39, 0.29) is 16.9 Å². The monoisotopic (exact) mass is 312 g/mol. The molecule has 0 aromatic heterocycles. The summed E-state index contributed by atoms with van der Waals surface area (Å²) in [5, 5.41) is 0.203. The second-order valence-corrected chi connectivity index (χ2v) is 6.43. The van der Waals surface area contributed by atoms with Gasteiger partial charge < -0.3 is 5.73 Å². The van der Waals surface area contributed by atoms with E-state index in [2.05, 4.69) is 18.7 Å². The van der Waals surface area contributed by atoms with Crippen LogP contribution in [-0.4, -0.2) is 24.0 Å². The molecule has 2 rings (SSSR count). The fraction of sp³-hybridized carbons (Fsp3) is 0.647. The number of nitrogens with two attached hydrogens (primary N) is 1. The highest BCUT2D eigenvalue weighted by Gasteiger charge is 2.31. The van der Waals surface area contributed by atoms with Crippen molar-refractivity contribution in [2.45, 2.75) is 51.6 Å². The van der Waals surface area contributed by atoms with E-state index in [9.17, 15) is 4.39 Å². The van der Waals surface area contributed by atoms with E-state index in [0.717, 1.165) is 18.7 Å². The molecule has 2 nitrogen and oxygen atoms in total. The van der Waals surface area contributed by atoms with Crippen molar-refractivity contribution in [1.29, 1.82) is 0 Å². The van der Waals surface area contributed by atoms with Crippen LogP contribution in [0.15, 0.2) is 18.2 Å². The number of rotatable bonds is 5. The third-order valence-electron chi connectivity index (χ3n) is 4.89. The van der Waals surface area contributed by atoms with Crippen molar-refractivity contribution in [1.82, 2.24) is 4.90 Å². The Bertz CT molecular complexity index is 466. The molecule has 0 heterocycles. The second kappa shape index (κ2) is 7.57. The number of hydrogen-bond acceptors (Lipinski definition) is 2. The van der Waals surface area contributed by atoms with Crippen LogP contribution < -0.4 is 5.73 Å². The maximum Gasteiger partial charge on any atom is 0.141 e. The first-order valence-corrected chi connectivity index (χ1v) is 8.37. The molecule has 4 heteroatoms. The van der Waals surface area contributed by atoms with Crippen LogP contribution in [0.2, 0.25) is 5.02 Å². The van der Waals surface area contributed by atoms with Gasteiger partial charge in [-0.3, -0.25) is 4.90 Å². The summed E-state index contributed by atoms with van der Waals surface area (Å²) in [6, 6.07) is 5.81. The van der Waals surface area contributed by atoms with Crippen LogP contribution in [0, 0.1) is 11.7 Å². The standard InChI is InChI=1S/C17H26ClFN2/c1-3-21(17-7-5-4-6-14(17)11-20)12(2)13-8-9-16(19)15(18)10-13/h8-10,12,14,17H,3-7,11,20H2,1-2H3. The molecule has 21 heavy (non-hydrogen) atoms. The van der Waals surface area contributed by atoms with Crippen LogP contribution in [0.25, 0.3) is 0 Å². The van der Waals surface area contributed by atoms with E-state index in [1.807, 2.05) is 6.07 Å². The minimum atomic E-state index is -0.354. The van der Waals surface area contributed by atoms with Gasteiger partial charge in [-0.1, -0.05) is 37.4 Å². The zero-order valence-electron chi connectivity index (χ0n) is 13.0. The van der Waals surface area contributed by atoms with Gasteiger partial charge in [0.15, 0.2) is 0 Å². The molecule has 1 fully saturated rings. The molecule has 1 aromatic carbocycles.